The van der Waals surface area contributed by atoms with E-state index >= 15 is 0 Å². The van der Waals surface area contributed by atoms with E-state index in [0.717, 1.165) is 11.0 Å². The van der Waals surface area contributed by atoms with E-state index in [9.17, 15) is 22.8 Å². The van der Waals surface area contributed by atoms with Gasteiger partial charge in [0.25, 0.3) is 0 Å². The lowest BCUT2D eigenvalue weighted by atomic mass is 10.0. The van der Waals surface area contributed by atoms with Gasteiger partial charge in [-0.25, -0.2) is 4.79 Å². The molecule has 8 heteroatoms. The molecule has 1 unspecified atom stereocenters. The molecule has 1 aliphatic rings. The number of rotatable bonds is 3. The van der Waals surface area contributed by atoms with Crippen molar-refractivity contribution in [3.05, 3.63) is 28.8 Å². The summed E-state index contributed by atoms with van der Waals surface area (Å²) in [5.74, 6) is -0.184. The number of halogens is 4. The van der Waals surface area contributed by atoms with Crippen LogP contribution in [0, 0.1) is 0 Å². The standard InChI is InChI=1S/C13H11ClF3NO3/c1-7(19)4-5-18-10-3-2-8(14)6-9(10)11(13(15,16)17)21-12(18)20/h2-3,6,11H,4-5H2,1H3. The smallest absolute Gasteiger partial charge is 0.430 e. The van der Waals surface area contributed by atoms with Gasteiger partial charge in [0.2, 0.25) is 6.10 Å². The Bertz CT molecular complexity index is 589. The Balaban J connectivity index is 2.44. The molecule has 0 fully saturated rings. The zero-order valence-electron chi connectivity index (χ0n) is 10.9. The van der Waals surface area contributed by atoms with Gasteiger partial charge in [-0.3, -0.25) is 9.69 Å². The molecule has 0 spiro atoms. The third-order valence-electron chi connectivity index (χ3n) is 2.99. The highest BCUT2D eigenvalue weighted by Gasteiger charge is 2.49. The quantitative estimate of drug-likeness (QED) is 0.848. The predicted octanol–water partition coefficient (Wildman–Crippen LogP) is 3.88. The van der Waals surface area contributed by atoms with Crippen LogP contribution in [-0.2, 0) is 9.53 Å². The lowest BCUT2D eigenvalue weighted by Gasteiger charge is -2.34. The highest BCUT2D eigenvalue weighted by molar-refractivity contribution is 6.30. The number of nitrogens with zero attached hydrogens (tertiary/aromatic N) is 1. The number of carbonyl (C=O) groups excluding carboxylic acids is 2. The Kier molecular flexibility index (Phi) is 4.13. The molecule has 114 valence electrons. The number of ketones is 1. The summed E-state index contributed by atoms with van der Waals surface area (Å²) in [5, 5.41) is 0.104. The van der Waals surface area contributed by atoms with E-state index in [2.05, 4.69) is 4.74 Å². The van der Waals surface area contributed by atoms with Crippen molar-refractivity contribution in [2.45, 2.75) is 25.6 Å². The summed E-state index contributed by atoms with van der Waals surface area (Å²) in [4.78, 5) is 23.8. The van der Waals surface area contributed by atoms with Crippen molar-refractivity contribution in [3.63, 3.8) is 0 Å². The molecule has 0 N–H and O–H groups in total. The van der Waals surface area contributed by atoms with Crippen LogP contribution in [0.3, 0.4) is 0 Å². The molecule has 1 aliphatic heterocycles. The minimum atomic E-state index is -4.73. The molecule has 0 radical (unpaired) electrons. The largest absolute Gasteiger partial charge is 0.431 e. The Labute approximate surface area is 123 Å². The van der Waals surface area contributed by atoms with E-state index in [4.69, 9.17) is 11.6 Å². The first-order valence-electron chi connectivity index (χ1n) is 6.04. The van der Waals surface area contributed by atoms with Crippen molar-refractivity contribution in [2.24, 2.45) is 0 Å². The van der Waals surface area contributed by atoms with Crippen LogP contribution in [0.15, 0.2) is 18.2 Å². The first-order valence-corrected chi connectivity index (χ1v) is 6.41. The molecule has 1 aromatic carbocycles. The fourth-order valence-electron chi connectivity index (χ4n) is 2.03. The van der Waals surface area contributed by atoms with Crippen molar-refractivity contribution in [1.82, 2.24) is 0 Å². The van der Waals surface area contributed by atoms with Crippen LogP contribution in [0.5, 0.6) is 0 Å². The van der Waals surface area contributed by atoms with E-state index in [1.54, 1.807) is 0 Å². The van der Waals surface area contributed by atoms with Gasteiger partial charge < -0.3 is 4.74 Å². The van der Waals surface area contributed by atoms with E-state index < -0.39 is 18.4 Å². The Hall–Kier alpha value is -1.76. The van der Waals surface area contributed by atoms with Gasteiger partial charge in [0, 0.05) is 23.6 Å². The summed E-state index contributed by atoms with van der Waals surface area (Å²) < 4.78 is 43.4. The molecule has 1 atom stereocenters. The molecule has 0 aliphatic carbocycles. The highest BCUT2D eigenvalue weighted by atomic mass is 35.5. The van der Waals surface area contributed by atoms with Gasteiger partial charge >= 0.3 is 12.3 Å². The predicted molar refractivity (Wildman–Crippen MR) is 69.4 cm³/mol. The second-order valence-corrected chi connectivity index (χ2v) is 5.05. The zero-order valence-corrected chi connectivity index (χ0v) is 11.7. The number of hydrogen-bond donors (Lipinski definition) is 0. The van der Waals surface area contributed by atoms with E-state index in [-0.39, 0.29) is 35.0 Å². The number of anilines is 1. The molecule has 0 aromatic heterocycles. The van der Waals surface area contributed by atoms with E-state index in [0.29, 0.717) is 0 Å². The molecular formula is C13H11ClF3NO3. The van der Waals surface area contributed by atoms with Crippen molar-refractivity contribution in [2.75, 3.05) is 11.4 Å². The van der Waals surface area contributed by atoms with Crippen LogP contribution < -0.4 is 4.90 Å². The third-order valence-corrected chi connectivity index (χ3v) is 3.22. The number of benzene rings is 1. The molecule has 4 nitrogen and oxygen atoms in total. The molecule has 0 saturated carbocycles. The van der Waals surface area contributed by atoms with Crippen molar-refractivity contribution in [3.8, 4) is 0 Å². The number of amides is 1. The average molecular weight is 322 g/mol. The highest BCUT2D eigenvalue weighted by Crippen LogP contribution is 2.44. The SMILES string of the molecule is CC(=O)CCN1C(=O)OC(C(F)(F)F)c2cc(Cl)ccc21. The summed E-state index contributed by atoms with van der Waals surface area (Å²) >= 11 is 5.72. The summed E-state index contributed by atoms with van der Waals surface area (Å²) in [7, 11) is 0. The topological polar surface area (TPSA) is 46.6 Å². The Morgan fingerprint density at radius 2 is 2.10 bits per heavy atom. The first-order chi connectivity index (χ1) is 9.70. The summed E-state index contributed by atoms with van der Waals surface area (Å²) in [6.07, 6.45) is -8.20. The van der Waals surface area contributed by atoms with Gasteiger partial charge in [-0.2, -0.15) is 13.2 Å². The van der Waals surface area contributed by atoms with Gasteiger partial charge in [0.1, 0.15) is 5.78 Å². The Morgan fingerprint density at radius 1 is 1.43 bits per heavy atom. The van der Waals surface area contributed by atoms with Crippen LogP contribution in [0.2, 0.25) is 5.02 Å². The minimum Gasteiger partial charge on any atom is -0.431 e. The van der Waals surface area contributed by atoms with Crippen LogP contribution in [0.25, 0.3) is 0 Å². The second-order valence-electron chi connectivity index (χ2n) is 4.61. The van der Waals surface area contributed by atoms with E-state index in [1.807, 2.05) is 0 Å². The first kappa shape index (κ1) is 15.6. The number of alkyl halides is 3. The lowest BCUT2D eigenvalue weighted by Crippen LogP contribution is -2.42. The Morgan fingerprint density at radius 3 is 2.67 bits per heavy atom. The molecule has 21 heavy (non-hydrogen) atoms. The number of ether oxygens (including phenoxy) is 1. The minimum absolute atomic E-state index is 0.0217. The normalized spacial score (nSPS) is 18.2. The maximum absolute atomic E-state index is 13.0. The fourth-order valence-corrected chi connectivity index (χ4v) is 2.21. The average Bonchev–Trinajstić information content (AvgIpc) is 2.35. The monoisotopic (exact) mass is 321 g/mol. The zero-order chi connectivity index (χ0) is 15.8. The summed E-state index contributed by atoms with van der Waals surface area (Å²) in [6, 6.07) is 3.81. The van der Waals surface area contributed by atoms with Gasteiger partial charge in [-0.15, -0.1) is 0 Å². The number of Topliss-reactive ketones (excluding diaryl/α,β-unsaturated/α-hetero) is 1. The fraction of sp³-hybridized carbons (Fsp3) is 0.385. The van der Waals surface area contributed by atoms with Gasteiger partial charge in [-0.1, -0.05) is 11.6 Å². The third kappa shape index (κ3) is 3.29. The molecular weight excluding hydrogens is 311 g/mol. The number of fused-ring (bicyclic) bond motifs is 1. The van der Waals surface area contributed by atoms with Crippen LogP contribution in [0.1, 0.15) is 25.0 Å². The lowest BCUT2D eigenvalue weighted by molar-refractivity contribution is -0.207. The molecule has 1 aromatic rings. The molecule has 1 amide bonds. The molecule has 0 saturated heterocycles. The maximum atomic E-state index is 13.0. The number of cyclic esters (lactones) is 1. The molecule has 2 rings (SSSR count). The molecule has 0 bridgehead atoms. The summed E-state index contributed by atoms with van der Waals surface area (Å²) in [5.41, 5.74) is -0.183. The number of carbonyl (C=O) groups is 2. The van der Waals surface area contributed by atoms with Gasteiger partial charge in [0.15, 0.2) is 0 Å². The van der Waals surface area contributed by atoms with Crippen molar-refractivity contribution >= 4 is 29.2 Å². The van der Waals surface area contributed by atoms with E-state index in [1.165, 1.54) is 19.1 Å². The second kappa shape index (κ2) is 5.55. The maximum Gasteiger partial charge on any atom is 0.430 e. The van der Waals surface area contributed by atoms with Crippen molar-refractivity contribution < 1.29 is 27.5 Å². The number of hydrogen-bond acceptors (Lipinski definition) is 3. The van der Waals surface area contributed by atoms with Gasteiger partial charge in [-0.05, 0) is 25.1 Å². The van der Waals surface area contributed by atoms with Crippen LogP contribution >= 0.6 is 11.6 Å². The molecule has 1 heterocycles. The van der Waals surface area contributed by atoms with Crippen LogP contribution in [-0.4, -0.2) is 24.6 Å². The van der Waals surface area contributed by atoms with Gasteiger partial charge in [0.05, 0.1) is 5.69 Å². The van der Waals surface area contributed by atoms with Crippen LogP contribution in [0.4, 0.5) is 23.7 Å². The van der Waals surface area contributed by atoms with Crippen molar-refractivity contribution in [1.29, 1.82) is 0 Å². The summed E-state index contributed by atoms with van der Waals surface area (Å²) in [6.45, 7) is 1.28.